The molecule has 132 valence electrons. The SMILES string of the molecule is Cc1cc(N2C(=S)NC(c3ccccn3)C2c2cccn2C)ccc1Br. The van der Waals surface area contributed by atoms with Gasteiger partial charge < -0.3 is 14.8 Å². The molecule has 1 fully saturated rings. The molecule has 1 aromatic carbocycles. The minimum absolute atomic E-state index is 0.0127. The van der Waals surface area contributed by atoms with Crippen LogP contribution in [0.1, 0.15) is 29.0 Å². The van der Waals surface area contributed by atoms with E-state index < -0.39 is 0 Å². The van der Waals surface area contributed by atoms with Crippen LogP contribution in [-0.2, 0) is 7.05 Å². The molecular formula is C20H19BrN4S. The van der Waals surface area contributed by atoms with E-state index in [0.29, 0.717) is 5.11 Å². The molecule has 3 heterocycles. The molecule has 2 unspecified atom stereocenters. The third kappa shape index (κ3) is 2.93. The Bertz CT molecular complexity index is 953. The van der Waals surface area contributed by atoms with Crippen molar-refractivity contribution < 1.29 is 0 Å². The first kappa shape index (κ1) is 17.2. The summed E-state index contributed by atoms with van der Waals surface area (Å²) in [5.41, 5.74) is 4.43. The van der Waals surface area contributed by atoms with Crippen LogP contribution in [-0.4, -0.2) is 14.7 Å². The van der Waals surface area contributed by atoms with E-state index in [9.17, 15) is 0 Å². The molecule has 1 aliphatic rings. The molecule has 2 aromatic heterocycles. The third-order valence-electron chi connectivity index (χ3n) is 4.80. The molecule has 0 spiro atoms. The fourth-order valence-corrected chi connectivity index (χ4v) is 4.09. The Labute approximate surface area is 167 Å². The Balaban J connectivity index is 1.85. The Morgan fingerprint density at radius 1 is 1.15 bits per heavy atom. The van der Waals surface area contributed by atoms with Crippen molar-refractivity contribution in [1.29, 1.82) is 0 Å². The van der Waals surface area contributed by atoms with Gasteiger partial charge in [-0.1, -0.05) is 22.0 Å². The number of rotatable bonds is 3. The van der Waals surface area contributed by atoms with Gasteiger partial charge in [-0.2, -0.15) is 0 Å². The summed E-state index contributed by atoms with van der Waals surface area (Å²) in [4.78, 5) is 6.78. The van der Waals surface area contributed by atoms with Gasteiger partial charge in [-0.05, 0) is 67.2 Å². The molecule has 0 aliphatic carbocycles. The molecule has 1 aliphatic heterocycles. The number of nitrogens with zero attached hydrogens (tertiary/aromatic N) is 3. The molecular weight excluding hydrogens is 408 g/mol. The van der Waals surface area contributed by atoms with E-state index in [1.165, 1.54) is 11.3 Å². The lowest BCUT2D eigenvalue weighted by Gasteiger charge is -2.28. The summed E-state index contributed by atoms with van der Waals surface area (Å²) in [5.74, 6) is 0. The van der Waals surface area contributed by atoms with Crippen LogP contribution in [0.15, 0.2) is 65.4 Å². The standard InChI is InChI=1S/C20H19BrN4S/c1-13-12-14(8-9-15(13)21)25-19(17-7-5-11-24(17)2)18(23-20(25)26)16-6-3-4-10-22-16/h3-12,18-19H,1-2H3,(H,23,26). The van der Waals surface area contributed by atoms with E-state index in [-0.39, 0.29) is 12.1 Å². The van der Waals surface area contributed by atoms with Crippen LogP contribution in [0.5, 0.6) is 0 Å². The monoisotopic (exact) mass is 426 g/mol. The predicted octanol–water partition coefficient (Wildman–Crippen LogP) is 4.67. The zero-order valence-corrected chi connectivity index (χ0v) is 17.0. The predicted molar refractivity (Wildman–Crippen MR) is 112 cm³/mol. The van der Waals surface area contributed by atoms with Crippen LogP contribution in [0.3, 0.4) is 0 Å². The van der Waals surface area contributed by atoms with Gasteiger partial charge >= 0.3 is 0 Å². The maximum Gasteiger partial charge on any atom is 0.174 e. The number of thiocarbonyl (C=S) groups is 1. The number of benzene rings is 1. The number of pyridine rings is 1. The topological polar surface area (TPSA) is 33.1 Å². The minimum atomic E-state index is -0.0127. The highest BCUT2D eigenvalue weighted by atomic mass is 79.9. The second kappa shape index (κ2) is 6.85. The molecule has 0 bridgehead atoms. The van der Waals surface area contributed by atoms with Gasteiger partial charge in [-0.15, -0.1) is 0 Å². The smallest absolute Gasteiger partial charge is 0.174 e. The molecule has 1 N–H and O–H groups in total. The number of nitrogens with one attached hydrogen (secondary N) is 1. The molecule has 1 saturated heterocycles. The summed E-state index contributed by atoms with van der Waals surface area (Å²) >= 11 is 9.32. The number of halogens is 1. The summed E-state index contributed by atoms with van der Waals surface area (Å²) in [7, 11) is 2.07. The third-order valence-corrected chi connectivity index (χ3v) is 6.01. The second-order valence-electron chi connectivity index (χ2n) is 6.47. The quantitative estimate of drug-likeness (QED) is 0.616. The molecule has 0 amide bonds. The molecule has 0 saturated carbocycles. The first-order chi connectivity index (χ1) is 12.6. The van der Waals surface area contributed by atoms with Crippen LogP contribution in [0.25, 0.3) is 0 Å². The summed E-state index contributed by atoms with van der Waals surface area (Å²) < 4.78 is 3.24. The minimum Gasteiger partial charge on any atom is -0.353 e. The fourth-order valence-electron chi connectivity index (χ4n) is 3.49. The molecule has 6 heteroatoms. The Hall–Kier alpha value is -2.18. The Morgan fingerprint density at radius 2 is 2.00 bits per heavy atom. The first-order valence-electron chi connectivity index (χ1n) is 8.44. The van der Waals surface area contributed by atoms with Gasteiger partial charge in [0.15, 0.2) is 5.11 Å². The Kier molecular flexibility index (Phi) is 4.54. The molecule has 2 atom stereocenters. The van der Waals surface area contributed by atoms with Gasteiger partial charge in [-0.3, -0.25) is 4.98 Å². The van der Waals surface area contributed by atoms with Crippen molar-refractivity contribution >= 4 is 38.9 Å². The lowest BCUT2D eigenvalue weighted by molar-refractivity contribution is 0.541. The van der Waals surface area contributed by atoms with Crippen LogP contribution in [0.2, 0.25) is 0 Å². The molecule has 4 nitrogen and oxygen atoms in total. The summed E-state index contributed by atoms with van der Waals surface area (Å²) in [6.45, 7) is 2.09. The zero-order chi connectivity index (χ0) is 18.3. The van der Waals surface area contributed by atoms with Crippen molar-refractivity contribution in [2.24, 2.45) is 7.05 Å². The maximum absolute atomic E-state index is 5.74. The van der Waals surface area contributed by atoms with Crippen molar-refractivity contribution in [1.82, 2.24) is 14.9 Å². The van der Waals surface area contributed by atoms with E-state index in [2.05, 4.69) is 86.2 Å². The van der Waals surface area contributed by atoms with E-state index in [1.54, 1.807) is 0 Å². The normalized spacial score (nSPS) is 19.7. The van der Waals surface area contributed by atoms with Crippen molar-refractivity contribution in [3.05, 3.63) is 82.3 Å². The first-order valence-corrected chi connectivity index (χ1v) is 9.64. The van der Waals surface area contributed by atoms with Gasteiger partial charge in [0, 0.05) is 35.3 Å². The van der Waals surface area contributed by atoms with Crippen LogP contribution >= 0.6 is 28.1 Å². The van der Waals surface area contributed by atoms with Crippen LogP contribution < -0.4 is 10.2 Å². The number of aromatic nitrogens is 2. The largest absolute Gasteiger partial charge is 0.353 e. The highest BCUT2D eigenvalue weighted by Gasteiger charge is 2.41. The van der Waals surface area contributed by atoms with Crippen molar-refractivity contribution in [2.75, 3.05) is 4.90 Å². The van der Waals surface area contributed by atoms with E-state index in [4.69, 9.17) is 12.2 Å². The summed E-state index contributed by atoms with van der Waals surface area (Å²) in [5, 5.41) is 4.20. The molecule has 0 radical (unpaired) electrons. The van der Waals surface area contributed by atoms with Crippen LogP contribution in [0, 0.1) is 6.92 Å². The van der Waals surface area contributed by atoms with Gasteiger partial charge in [-0.25, -0.2) is 0 Å². The maximum atomic E-state index is 5.74. The molecule has 4 rings (SSSR count). The lowest BCUT2D eigenvalue weighted by Crippen LogP contribution is -2.30. The number of anilines is 1. The second-order valence-corrected chi connectivity index (χ2v) is 7.72. The number of hydrogen-bond acceptors (Lipinski definition) is 2. The van der Waals surface area contributed by atoms with Gasteiger partial charge in [0.2, 0.25) is 0 Å². The lowest BCUT2D eigenvalue weighted by atomic mass is 10.0. The van der Waals surface area contributed by atoms with Gasteiger partial charge in [0.1, 0.15) is 6.04 Å². The van der Waals surface area contributed by atoms with E-state index in [1.807, 2.05) is 24.4 Å². The number of hydrogen-bond donors (Lipinski definition) is 1. The van der Waals surface area contributed by atoms with Crippen molar-refractivity contribution in [3.8, 4) is 0 Å². The zero-order valence-electron chi connectivity index (χ0n) is 14.6. The average molecular weight is 427 g/mol. The van der Waals surface area contributed by atoms with Gasteiger partial charge in [0.25, 0.3) is 0 Å². The highest BCUT2D eigenvalue weighted by Crippen LogP contribution is 2.41. The molecule has 26 heavy (non-hydrogen) atoms. The summed E-state index contributed by atoms with van der Waals surface area (Å²) in [6.07, 6.45) is 3.89. The van der Waals surface area contributed by atoms with Crippen molar-refractivity contribution in [2.45, 2.75) is 19.0 Å². The Morgan fingerprint density at radius 3 is 2.65 bits per heavy atom. The van der Waals surface area contributed by atoms with Crippen molar-refractivity contribution in [3.63, 3.8) is 0 Å². The molecule has 3 aromatic rings. The summed E-state index contributed by atoms with van der Waals surface area (Å²) in [6, 6.07) is 16.6. The average Bonchev–Trinajstić information content (AvgIpc) is 3.21. The van der Waals surface area contributed by atoms with E-state index >= 15 is 0 Å². The highest BCUT2D eigenvalue weighted by molar-refractivity contribution is 9.10. The van der Waals surface area contributed by atoms with Crippen LogP contribution in [0.4, 0.5) is 5.69 Å². The van der Waals surface area contributed by atoms with E-state index in [0.717, 1.165) is 15.9 Å². The fraction of sp³-hybridized carbons (Fsp3) is 0.200. The van der Waals surface area contributed by atoms with Gasteiger partial charge in [0.05, 0.1) is 11.7 Å². The number of aryl methyl sites for hydroxylation is 2.